The van der Waals surface area contributed by atoms with E-state index in [4.69, 9.17) is 0 Å². The van der Waals surface area contributed by atoms with Gasteiger partial charge in [0, 0.05) is 23.0 Å². The van der Waals surface area contributed by atoms with Gasteiger partial charge in [-0.3, -0.25) is 9.59 Å². The number of amides is 1. The highest BCUT2D eigenvalue weighted by Crippen LogP contribution is 2.20. The Labute approximate surface area is 157 Å². The summed E-state index contributed by atoms with van der Waals surface area (Å²) < 4.78 is 0. The van der Waals surface area contributed by atoms with E-state index in [2.05, 4.69) is 26.7 Å². The van der Waals surface area contributed by atoms with E-state index in [9.17, 15) is 9.59 Å². The van der Waals surface area contributed by atoms with E-state index in [0.29, 0.717) is 17.1 Å². The highest BCUT2D eigenvalue weighted by Gasteiger charge is 2.10. The second-order valence-electron chi connectivity index (χ2n) is 6.32. The van der Waals surface area contributed by atoms with Crippen molar-refractivity contribution in [2.45, 2.75) is 20.8 Å². The standard InChI is InChI=1S/C21H20N4O2/c1-13-4-9-18(14(2)10-13)25-20-11-19(22-12-23-20)21(27)24-17-7-5-16(6-8-17)15(3)26/h4-12H,1-3H3,(H,24,27)(H,22,23,25). The molecule has 2 N–H and O–H groups in total. The summed E-state index contributed by atoms with van der Waals surface area (Å²) in [6, 6.07) is 14.4. The van der Waals surface area contributed by atoms with Crippen molar-refractivity contribution < 1.29 is 9.59 Å². The monoisotopic (exact) mass is 360 g/mol. The molecule has 3 rings (SSSR count). The summed E-state index contributed by atoms with van der Waals surface area (Å²) in [4.78, 5) is 32.0. The Morgan fingerprint density at radius 3 is 2.33 bits per heavy atom. The molecule has 6 nitrogen and oxygen atoms in total. The second-order valence-corrected chi connectivity index (χ2v) is 6.32. The van der Waals surface area contributed by atoms with Crippen LogP contribution in [0.3, 0.4) is 0 Å². The number of nitrogens with one attached hydrogen (secondary N) is 2. The number of carbonyl (C=O) groups excluding carboxylic acids is 2. The highest BCUT2D eigenvalue weighted by atomic mass is 16.2. The molecule has 0 unspecified atom stereocenters. The molecule has 3 aromatic rings. The van der Waals surface area contributed by atoms with Crippen LogP contribution in [0.5, 0.6) is 0 Å². The molecule has 0 radical (unpaired) electrons. The predicted octanol–water partition coefficient (Wildman–Crippen LogP) is 4.29. The third-order valence-corrected chi connectivity index (χ3v) is 4.09. The molecule has 1 heterocycles. The van der Waals surface area contributed by atoms with Crippen LogP contribution in [-0.4, -0.2) is 21.7 Å². The molecule has 27 heavy (non-hydrogen) atoms. The first-order valence-corrected chi connectivity index (χ1v) is 8.51. The van der Waals surface area contributed by atoms with Gasteiger partial charge in [0.25, 0.3) is 5.91 Å². The average molecular weight is 360 g/mol. The fourth-order valence-corrected chi connectivity index (χ4v) is 2.63. The van der Waals surface area contributed by atoms with Crippen LogP contribution in [0.2, 0.25) is 0 Å². The molecule has 2 aromatic carbocycles. The minimum absolute atomic E-state index is 0.0224. The molecular formula is C21H20N4O2. The van der Waals surface area contributed by atoms with Gasteiger partial charge in [-0.2, -0.15) is 0 Å². The van der Waals surface area contributed by atoms with E-state index in [0.717, 1.165) is 11.3 Å². The summed E-state index contributed by atoms with van der Waals surface area (Å²) in [6.45, 7) is 5.54. The molecule has 0 fully saturated rings. The first-order valence-electron chi connectivity index (χ1n) is 8.51. The number of ketones is 1. The van der Waals surface area contributed by atoms with Crippen molar-refractivity contribution in [3.8, 4) is 0 Å². The number of nitrogens with zero attached hydrogens (tertiary/aromatic N) is 2. The third-order valence-electron chi connectivity index (χ3n) is 4.09. The fraction of sp³-hybridized carbons (Fsp3) is 0.143. The van der Waals surface area contributed by atoms with Crippen LogP contribution in [0.4, 0.5) is 17.2 Å². The van der Waals surface area contributed by atoms with Gasteiger partial charge in [-0.1, -0.05) is 17.7 Å². The van der Waals surface area contributed by atoms with Crippen molar-refractivity contribution >= 4 is 28.9 Å². The van der Waals surface area contributed by atoms with Gasteiger partial charge in [0.05, 0.1) is 0 Å². The molecule has 0 saturated carbocycles. The van der Waals surface area contributed by atoms with E-state index in [1.54, 1.807) is 30.3 Å². The maximum absolute atomic E-state index is 12.5. The molecule has 6 heteroatoms. The van der Waals surface area contributed by atoms with Gasteiger partial charge in [-0.25, -0.2) is 9.97 Å². The van der Waals surface area contributed by atoms with Crippen molar-refractivity contribution in [3.05, 3.63) is 77.2 Å². The van der Waals surface area contributed by atoms with Crippen molar-refractivity contribution in [1.29, 1.82) is 0 Å². The van der Waals surface area contributed by atoms with E-state index in [-0.39, 0.29) is 17.4 Å². The summed E-state index contributed by atoms with van der Waals surface area (Å²) in [5.41, 5.74) is 4.61. The van der Waals surface area contributed by atoms with Gasteiger partial charge in [0.2, 0.25) is 0 Å². The minimum atomic E-state index is -0.350. The van der Waals surface area contributed by atoms with Gasteiger partial charge in [-0.05, 0) is 56.7 Å². The van der Waals surface area contributed by atoms with Crippen molar-refractivity contribution in [2.75, 3.05) is 10.6 Å². The lowest BCUT2D eigenvalue weighted by Gasteiger charge is -2.10. The van der Waals surface area contributed by atoms with Crippen LogP contribution in [0.1, 0.15) is 38.9 Å². The first kappa shape index (κ1) is 18.3. The maximum atomic E-state index is 12.5. The normalized spacial score (nSPS) is 10.3. The Hall–Kier alpha value is -3.54. The lowest BCUT2D eigenvalue weighted by atomic mass is 10.1. The maximum Gasteiger partial charge on any atom is 0.274 e. The Morgan fingerprint density at radius 1 is 0.926 bits per heavy atom. The lowest BCUT2D eigenvalue weighted by Crippen LogP contribution is -2.14. The average Bonchev–Trinajstić information content (AvgIpc) is 2.65. The van der Waals surface area contributed by atoms with Gasteiger partial charge in [0.1, 0.15) is 17.8 Å². The summed E-state index contributed by atoms with van der Waals surface area (Å²) in [6.07, 6.45) is 1.35. The number of hydrogen-bond donors (Lipinski definition) is 2. The topological polar surface area (TPSA) is 84.0 Å². The smallest absolute Gasteiger partial charge is 0.274 e. The molecular weight excluding hydrogens is 340 g/mol. The SMILES string of the molecule is CC(=O)c1ccc(NC(=O)c2cc(Nc3ccc(C)cc3C)ncn2)cc1. The molecule has 136 valence electrons. The second kappa shape index (κ2) is 7.78. The van der Waals surface area contributed by atoms with E-state index >= 15 is 0 Å². The first-order chi connectivity index (χ1) is 12.9. The zero-order chi connectivity index (χ0) is 19.4. The predicted molar refractivity (Wildman–Crippen MR) is 106 cm³/mol. The van der Waals surface area contributed by atoms with E-state index in [1.165, 1.54) is 18.8 Å². The van der Waals surface area contributed by atoms with Crippen LogP contribution >= 0.6 is 0 Å². The summed E-state index contributed by atoms with van der Waals surface area (Å²) >= 11 is 0. The Bertz CT molecular complexity index is 997. The molecule has 0 aliphatic rings. The Morgan fingerprint density at radius 2 is 1.67 bits per heavy atom. The zero-order valence-corrected chi connectivity index (χ0v) is 15.4. The van der Waals surface area contributed by atoms with Crippen LogP contribution in [-0.2, 0) is 0 Å². The largest absolute Gasteiger partial charge is 0.340 e. The van der Waals surface area contributed by atoms with E-state index < -0.39 is 0 Å². The number of aryl methyl sites for hydroxylation is 2. The molecule has 0 bridgehead atoms. The van der Waals surface area contributed by atoms with Gasteiger partial charge in [-0.15, -0.1) is 0 Å². The van der Waals surface area contributed by atoms with Crippen LogP contribution in [0, 0.1) is 13.8 Å². The number of carbonyl (C=O) groups is 2. The van der Waals surface area contributed by atoms with Crippen LogP contribution < -0.4 is 10.6 Å². The third kappa shape index (κ3) is 4.55. The fourth-order valence-electron chi connectivity index (χ4n) is 2.63. The van der Waals surface area contributed by atoms with Crippen molar-refractivity contribution in [1.82, 2.24) is 9.97 Å². The molecule has 0 aliphatic carbocycles. The molecule has 0 aliphatic heterocycles. The van der Waals surface area contributed by atoms with Gasteiger partial charge < -0.3 is 10.6 Å². The van der Waals surface area contributed by atoms with Crippen molar-refractivity contribution in [2.24, 2.45) is 0 Å². The number of hydrogen-bond acceptors (Lipinski definition) is 5. The number of benzene rings is 2. The highest BCUT2D eigenvalue weighted by molar-refractivity contribution is 6.03. The quantitative estimate of drug-likeness (QED) is 0.663. The van der Waals surface area contributed by atoms with Gasteiger partial charge in [0.15, 0.2) is 5.78 Å². The molecule has 1 amide bonds. The Balaban J connectivity index is 1.74. The summed E-state index contributed by atoms with van der Waals surface area (Å²) in [5, 5.41) is 5.98. The molecule has 0 atom stereocenters. The number of aromatic nitrogens is 2. The zero-order valence-electron chi connectivity index (χ0n) is 15.4. The van der Waals surface area contributed by atoms with Crippen molar-refractivity contribution in [3.63, 3.8) is 0 Å². The van der Waals surface area contributed by atoms with Gasteiger partial charge >= 0.3 is 0 Å². The molecule has 1 aromatic heterocycles. The van der Waals surface area contributed by atoms with E-state index in [1.807, 2.05) is 26.0 Å². The minimum Gasteiger partial charge on any atom is -0.340 e. The summed E-state index contributed by atoms with van der Waals surface area (Å²) in [5.74, 6) is 0.163. The van der Waals surface area contributed by atoms with Crippen LogP contribution in [0.25, 0.3) is 0 Å². The molecule has 0 spiro atoms. The molecule has 0 saturated heterocycles. The number of Topliss-reactive ketones (excluding diaryl/α,β-unsaturated/α-hetero) is 1. The Kier molecular flexibility index (Phi) is 5.26. The summed E-state index contributed by atoms with van der Waals surface area (Å²) in [7, 11) is 0. The number of rotatable bonds is 5. The van der Waals surface area contributed by atoms with Crippen LogP contribution in [0.15, 0.2) is 54.9 Å². The lowest BCUT2D eigenvalue weighted by molar-refractivity contribution is 0.101. The number of anilines is 3.